The molecule has 0 unspecified atom stereocenters. The third kappa shape index (κ3) is 5.22. The van der Waals surface area contributed by atoms with Gasteiger partial charge in [-0.15, -0.1) is 0 Å². The second-order valence-corrected chi connectivity index (χ2v) is 6.16. The fourth-order valence-corrected chi connectivity index (χ4v) is 2.80. The number of hydrogen-bond acceptors (Lipinski definition) is 3. The molecule has 2 rings (SSSR count). The summed E-state index contributed by atoms with van der Waals surface area (Å²) in [5.74, 6) is -0.00420. The summed E-state index contributed by atoms with van der Waals surface area (Å²) in [6.45, 7) is 8.41. The van der Waals surface area contributed by atoms with Gasteiger partial charge < -0.3 is 14.2 Å². The van der Waals surface area contributed by atoms with Gasteiger partial charge >= 0.3 is 0 Å². The number of nitrogens with zero attached hydrogens (tertiary/aromatic N) is 2. The van der Waals surface area contributed by atoms with Crippen LogP contribution in [0.3, 0.4) is 0 Å². The molecule has 0 fully saturated rings. The van der Waals surface area contributed by atoms with E-state index < -0.39 is 0 Å². The van der Waals surface area contributed by atoms with E-state index in [9.17, 15) is 4.79 Å². The molecule has 0 saturated carbocycles. The van der Waals surface area contributed by atoms with E-state index in [-0.39, 0.29) is 5.91 Å². The number of carbonyl (C=O) groups is 1. The zero-order chi connectivity index (χ0) is 16.7. The molecule has 5 heteroatoms. The monoisotopic (exact) mass is 378 g/mol. The molecule has 0 radical (unpaired) electrons. The van der Waals surface area contributed by atoms with Gasteiger partial charge in [-0.25, -0.2) is 0 Å². The Bertz CT molecular complexity index is 608. The maximum atomic E-state index is 12.8. The maximum Gasteiger partial charge on any atom is 0.257 e. The SMILES string of the molecule is CCN(CC)CCN(Cc1ccccc1)C(=O)c1coc(Br)c1. The minimum Gasteiger partial charge on any atom is -0.457 e. The number of furan rings is 1. The van der Waals surface area contributed by atoms with E-state index in [1.807, 2.05) is 35.2 Å². The zero-order valence-electron chi connectivity index (χ0n) is 13.7. The number of likely N-dealkylation sites (N-methyl/N-ethyl adjacent to an activating group) is 1. The highest BCUT2D eigenvalue weighted by molar-refractivity contribution is 9.10. The van der Waals surface area contributed by atoms with E-state index in [0.29, 0.717) is 23.3 Å². The van der Waals surface area contributed by atoms with Crippen LogP contribution < -0.4 is 0 Å². The van der Waals surface area contributed by atoms with Crippen LogP contribution in [0.15, 0.2) is 51.7 Å². The van der Waals surface area contributed by atoms with E-state index in [1.54, 1.807) is 6.07 Å². The van der Waals surface area contributed by atoms with Crippen molar-refractivity contribution in [2.75, 3.05) is 26.2 Å². The fraction of sp³-hybridized carbons (Fsp3) is 0.389. The molecule has 1 aromatic heterocycles. The third-order valence-electron chi connectivity index (χ3n) is 3.90. The van der Waals surface area contributed by atoms with Crippen molar-refractivity contribution in [3.8, 4) is 0 Å². The Balaban J connectivity index is 2.11. The minimum absolute atomic E-state index is 0.00420. The lowest BCUT2D eigenvalue weighted by molar-refractivity contribution is 0.0723. The van der Waals surface area contributed by atoms with Gasteiger partial charge in [0.25, 0.3) is 5.91 Å². The summed E-state index contributed by atoms with van der Waals surface area (Å²) in [6, 6.07) is 11.8. The van der Waals surface area contributed by atoms with E-state index in [1.165, 1.54) is 6.26 Å². The summed E-state index contributed by atoms with van der Waals surface area (Å²) >= 11 is 3.26. The fourth-order valence-electron chi connectivity index (χ4n) is 2.46. The Morgan fingerprint density at radius 1 is 1.13 bits per heavy atom. The number of benzene rings is 1. The molecule has 1 heterocycles. The summed E-state index contributed by atoms with van der Waals surface area (Å²) in [5, 5.41) is 0. The standard InChI is InChI=1S/C18H23BrN2O2/c1-3-20(4-2)10-11-21(13-15-8-6-5-7-9-15)18(22)16-12-17(19)23-14-16/h5-9,12,14H,3-4,10-11,13H2,1-2H3. The number of carbonyl (C=O) groups excluding carboxylic acids is 1. The van der Waals surface area contributed by atoms with Gasteiger partial charge in [-0.3, -0.25) is 4.79 Å². The molecular formula is C18H23BrN2O2. The Kier molecular flexibility index (Phi) is 6.86. The van der Waals surface area contributed by atoms with E-state index in [4.69, 9.17) is 4.42 Å². The summed E-state index contributed by atoms with van der Waals surface area (Å²) in [5.41, 5.74) is 1.70. The summed E-state index contributed by atoms with van der Waals surface area (Å²) in [6.07, 6.45) is 1.50. The van der Waals surface area contributed by atoms with Gasteiger partial charge in [0.05, 0.1) is 5.56 Å². The quantitative estimate of drug-likeness (QED) is 0.695. The van der Waals surface area contributed by atoms with E-state index in [2.05, 4.69) is 34.7 Å². The average molecular weight is 379 g/mol. The van der Waals surface area contributed by atoms with Crippen LogP contribution in [-0.2, 0) is 6.54 Å². The van der Waals surface area contributed by atoms with Crippen molar-refractivity contribution in [3.05, 3.63) is 58.5 Å². The second-order valence-electron chi connectivity index (χ2n) is 5.38. The zero-order valence-corrected chi connectivity index (χ0v) is 15.3. The van der Waals surface area contributed by atoms with Gasteiger partial charge in [-0.1, -0.05) is 44.2 Å². The average Bonchev–Trinajstić information content (AvgIpc) is 3.01. The lowest BCUT2D eigenvalue weighted by Gasteiger charge is -2.26. The Morgan fingerprint density at radius 3 is 2.39 bits per heavy atom. The Hall–Kier alpha value is -1.59. The highest BCUT2D eigenvalue weighted by Crippen LogP contribution is 2.17. The number of amides is 1. The molecule has 0 aliphatic carbocycles. The van der Waals surface area contributed by atoms with Crippen molar-refractivity contribution in [2.24, 2.45) is 0 Å². The predicted molar refractivity (Wildman–Crippen MR) is 95.4 cm³/mol. The van der Waals surface area contributed by atoms with Gasteiger partial charge in [-0.2, -0.15) is 0 Å². The Labute approximate surface area is 146 Å². The van der Waals surface area contributed by atoms with Crippen molar-refractivity contribution in [3.63, 3.8) is 0 Å². The molecule has 0 atom stereocenters. The molecule has 0 aliphatic rings. The molecule has 0 spiro atoms. The van der Waals surface area contributed by atoms with Crippen LogP contribution in [0.5, 0.6) is 0 Å². The molecule has 124 valence electrons. The second kappa shape index (κ2) is 8.89. The first-order valence-corrected chi connectivity index (χ1v) is 8.73. The van der Waals surface area contributed by atoms with Crippen LogP contribution in [0.25, 0.3) is 0 Å². The van der Waals surface area contributed by atoms with Crippen molar-refractivity contribution in [1.82, 2.24) is 9.80 Å². The van der Waals surface area contributed by atoms with Gasteiger partial charge in [-0.05, 0) is 34.6 Å². The van der Waals surface area contributed by atoms with E-state index in [0.717, 1.165) is 25.2 Å². The van der Waals surface area contributed by atoms with Gasteiger partial charge in [0.15, 0.2) is 4.67 Å². The maximum absolute atomic E-state index is 12.8. The molecule has 0 N–H and O–H groups in total. The van der Waals surface area contributed by atoms with Crippen molar-refractivity contribution < 1.29 is 9.21 Å². The lowest BCUT2D eigenvalue weighted by atomic mass is 10.2. The molecular weight excluding hydrogens is 356 g/mol. The molecule has 23 heavy (non-hydrogen) atoms. The Morgan fingerprint density at radius 2 is 1.83 bits per heavy atom. The van der Waals surface area contributed by atoms with Crippen LogP contribution in [0.2, 0.25) is 0 Å². The summed E-state index contributed by atoms with van der Waals surface area (Å²) in [4.78, 5) is 17.0. The first-order valence-electron chi connectivity index (χ1n) is 7.93. The van der Waals surface area contributed by atoms with Crippen LogP contribution in [0.1, 0.15) is 29.8 Å². The predicted octanol–water partition coefficient (Wildman–Crippen LogP) is 4.03. The van der Waals surface area contributed by atoms with Crippen molar-refractivity contribution in [2.45, 2.75) is 20.4 Å². The molecule has 2 aromatic rings. The molecule has 0 aliphatic heterocycles. The third-order valence-corrected chi connectivity index (χ3v) is 4.31. The lowest BCUT2D eigenvalue weighted by Crippen LogP contribution is -2.38. The summed E-state index contributed by atoms with van der Waals surface area (Å²) in [7, 11) is 0. The number of rotatable bonds is 8. The highest BCUT2D eigenvalue weighted by atomic mass is 79.9. The minimum atomic E-state index is -0.00420. The first-order chi connectivity index (χ1) is 11.1. The number of hydrogen-bond donors (Lipinski definition) is 0. The van der Waals surface area contributed by atoms with Gasteiger partial charge in [0, 0.05) is 25.7 Å². The van der Waals surface area contributed by atoms with Crippen LogP contribution in [0.4, 0.5) is 0 Å². The molecule has 0 saturated heterocycles. The van der Waals surface area contributed by atoms with Crippen molar-refractivity contribution in [1.29, 1.82) is 0 Å². The van der Waals surface area contributed by atoms with Gasteiger partial charge in [0.2, 0.25) is 0 Å². The first kappa shape index (κ1) is 17.8. The molecule has 0 bridgehead atoms. The summed E-state index contributed by atoms with van der Waals surface area (Å²) < 4.78 is 5.79. The normalized spacial score (nSPS) is 11.0. The molecule has 1 amide bonds. The van der Waals surface area contributed by atoms with Crippen LogP contribution in [-0.4, -0.2) is 41.9 Å². The van der Waals surface area contributed by atoms with Crippen LogP contribution in [0, 0.1) is 0 Å². The van der Waals surface area contributed by atoms with Crippen molar-refractivity contribution >= 4 is 21.8 Å². The number of halogens is 1. The largest absolute Gasteiger partial charge is 0.457 e. The highest BCUT2D eigenvalue weighted by Gasteiger charge is 2.18. The smallest absolute Gasteiger partial charge is 0.257 e. The molecule has 1 aromatic carbocycles. The molecule has 4 nitrogen and oxygen atoms in total. The topological polar surface area (TPSA) is 36.7 Å². The van der Waals surface area contributed by atoms with Gasteiger partial charge in [0.1, 0.15) is 6.26 Å². The van der Waals surface area contributed by atoms with Crippen LogP contribution >= 0.6 is 15.9 Å². The van der Waals surface area contributed by atoms with E-state index >= 15 is 0 Å².